The van der Waals surface area contributed by atoms with Crippen molar-refractivity contribution in [2.75, 3.05) is 27.2 Å². The van der Waals surface area contributed by atoms with Crippen LogP contribution in [0.2, 0.25) is 0 Å². The highest BCUT2D eigenvalue weighted by atomic mass is 32.1. The number of methoxy groups -OCH3 is 1. The van der Waals surface area contributed by atoms with E-state index in [2.05, 4.69) is 10.3 Å². The Hall–Kier alpha value is -0.980. The van der Waals surface area contributed by atoms with Crippen LogP contribution in [0.1, 0.15) is 23.5 Å². The summed E-state index contributed by atoms with van der Waals surface area (Å²) in [5, 5.41) is 6.29. The van der Waals surface area contributed by atoms with Gasteiger partial charge in [0.1, 0.15) is 5.60 Å². The van der Waals surface area contributed by atoms with E-state index in [0.29, 0.717) is 6.54 Å². The summed E-state index contributed by atoms with van der Waals surface area (Å²) in [5.41, 5.74) is 0.281. The molecule has 0 bridgehead atoms. The van der Waals surface area contributed by atoms with Gasteiger partial charge < -0.3 is 15.0 Å². The average Bonchev–Trinajstić information content (AvgIpc) is 2.84. The van der Waals surface area contributed by atoms with Gasteiger partial charge in [0.05, 0.1) is 17.2 Å². The Morgan fingerprint density at radius 2 is 2.26 bits per heavy atom. The Morgan fingerprint density at radius 3 is 2.79 bits per heavy atom. The van der Waals surface area contributed by atoms with Crippen molar-refractivity contribution < 1.29 is 9.53 Å². The quantitative estimate of drug-likeness (QED) is 0.901. The average molecular weight is 283 g/mol. The number of nitrogens with zero attached hydrogens (tertiary/aromatic N) is 2. The third-order valence-corrected chi connectivity index (χ3v) is 4.43. The third-order valence-electron chi connectivity index (χ3n) is 3.60. The minimum atomic E-state index is -0.662. The number of nitrogens with one attached hydrogen (secondary N) is 1. The van der Waals surface area contributed by atoms with Crippen molar-refractivity contribution in [2.24, 2.45) is 0 Å². The van der Waals surface area contributed by atoms with Gasteiger partial charge in [0.15, 0.2) is 0 Å². The molecule has 0 unspecified atom stereocenters. The first-order chi connectivity index (χ1) is 9.07. The molecule has 1 aromatic heterocycles. The van der Waals surface area contributed by atoms with E-state index in [-0.39, 0.29) is 5.91 Å². The normalized spacial score (nSPS) is 18.3. The molecule has 2 rings (SSSR count). The number of aromatic nitrogens is 1. The second-order valence-electron chi connectivity index (χ2n) is 4.97. The summed E-state index contributed by atoms with van der Waals surface area (Å²) < 4.78 is 5.56. The summed E-state index contributed by atoms with van der Waals surface area (Å²) in [7, 11) is 3.45. The van der Waals surface area contributed by atoms with Crippen LogP contribution < -0.4 is 5.32 Å². The first-order valence-corrected chi connectivity index (χ1v) is 7.38. The monoisotopic (exact) mass is 283 g/mol. The summed E-state index contributed by atoms with van der Waals surface area (Å²) in [6, 6.07) is 0. The van der Waals surface area contributed by atoms with Crippen LogP contribution in [0.3, 0.4) is 0 Å². The summed E-state index contributed by atoms with van der Waals surface area (Å²) >= 11 is 1.61. The van der Waals surface area contributed by atoms with Gasteiger partial charge in [0, 0.05) is 19.5 Å². The maximum absolute atomic E-state index is 12.6. The number of likely N-dealkylation sites (N-methyl/N-ethyl adjacent to an activating group) is 1. The molecule has 0 saturated carbocycles. The van der Waals surface area contributed by atoms with Crippen molar-refractivity contribution in [3.8, 4) is 0 Å². The Kier molecular flexibility index (Phi) is 4.54. The maximum atomic E-state index is 12.6. The molecular formula is C13H21N3O2S. The van der Waals surface area contributed by atoms with E-state index in [1.807, 2.05) is 19.4 Å². The van der Waals surface area contributed by atoms with Crippen LogP contribution in [0.5, 0.6) is 0 Å². The van der Waals surface area contributed by atoms with Crippen molar-refractivity contribution >= 4 is 17.2 Å². The van der Waals surface area contributed by atoms with E-state index in [0.717, 1.165) is 36.6 Å². The number of thiazole rings is 1. The second-order valence-corrected chi connectivity index (χ2v) is 6.03. The molecule has 19 heavy (non-hydrogen) atoms. The second kappa shape index (κ2) is 5.98. The molecule has 1 aliphatic heterocycles. The highest BCUT2D eigenvalue weighted by molar-refractivity contribution is 7.09. The van der Waals surface area contributed by atoms with Gasteiger partial charge in [-0.1, -0.05) is 0 Å². The van der Waals surface area contributed by atoms with Crippen LogP contribution in [0.15, 0.2) is 5.38 Å². The Bertz CT molecular complexity index is 441. The summed E-state index contributed by atoms with van der Waals surface area (Å²) in [6.45, 7) is 4.16. The number of hydrogen-bond donors (Lipinski definition) is 1. The largest absolute Gasteiger partial charge is 0.368 e. The van der Waals surface area contributed by atoms with E-state index in [1.54, 1.807) is 23.3 Å². The number of piperidine rings is 1. The van der Waals surface area contributed by atoms with Crippen LogP contribution in [0.25, 0.3) is 0 Å². The molecule has 2 heterocycles. The third kappa shape index (κ3) is 3.13. The molecule has 1 fully saturated rings. The minimum absolute atomic E-state index is 0.0575. The summed E-state index contributed by atoms with van der Waals surface area (Å²) in [6.07, 6.45) is 1.45. The molecule has 6 heteroatoms. The molecule has 0 aliphatic carbocycles. The van der Waals surface area contributed by atoms with Crippen molar-refractivity contribution in [1.82, 2.24) is 15.2 Å². The molecular weight excluding hydrogens is 262 g/mol. The molecule has 1 aromatic rings. The number of rotatable bonds is 4. The van der Waals surface area contributed by atoms with Gasteiger partial charge in [-0.05, 0) is 32.9 Å². The molecule has 106 valence electrons. The molecule has 0 radical (unpaired) electrons. The fraction of sp³-hybridized carbons (Fsp3) is 0.692. The predicted octanol–water partition coefficient (Wildman–Crippen LogP) is 1.18. The van der Waals surface area contributed by atoms with Crippen molar-refractivity contribution in [3.63, 3.8) is 0 Å². The lowest BCUT2D eigenvalue weighted by Crippen LogP contribution is -2.54. The molecule has 0 aromatic carbocycles. The highest BCUT2D eigenvalue weighted by Gasteiger charge is 2.41. The molecule has 1 saturated heterocycles. The molecule has 1 amide bonds. The van der Waals surface area contributed by atoms with Gasteiger partial charge in [-0.2, -0.15) is 0 Å². The van der Waals surface area contributed by atoms with Crippen LogP contribution in [0, 0.1) is 6.92 Å². The van der Waals surface area contributed by atoms with Crippen LogP contribution in [-0.2, 0) is 16.1 Å². The lowest BCUT2D eigenvalue weighted by atomic mass is 9.90. The maximum Gasteiger partial charge on any atom is 0.255 e. The highest BCUT2D eigenvalue weighted by Crippen LogP contribution is 2.25. The first kappa shape index (κ1) is 14.4. The number of carbonyl (C=O) groups is 1. The number of amides is 1. The first-order valence-electron chi connectivity index (χ1n) is 6.50. The van der Waals surface area contributed by atoms with E-state index in [9.17, 15) is 4.79 Å². The van der Waals surface area contributed by atoms with Gasteiger partial charge >= 0.3 is 0 Å². The standard InChI is InChI=1S/C13H21N3O2S/c1-10-15-11(9-19-10)8-16(2)12(17)13(18-3)4-6-14-7-5-13/h9,14H,4-8H2,1-3H3. The zero-order valence-corrected chi connectivity index (χ0v) is 12.5. The topological polar surface area (TPSA) is 54.5 Å². The smallest absolute Gasteiger partial charge is 0.255 e. The Balaban J connectivity index is 2.04. The summed E-state index contributed by atoms with van der Waals surface area (Å²) in [5.74, 6) is 0.0575. The molecule has 1 N–H and O–H groups in total. The minimum Gasteiger partial charge on any atom is -0.368 e. The van der Waals surface area contributed by atoms with Gasteiger partial charge in [0.2, 0.25) is 0 Å². The number of aryl methyl sites for hydroxylation is 1. The number of ether oxygens (including phenoxy) is 1. The van der Waals surface area contributed by atoms with E-state index in [4.69, 9.17) is 4.74 Å². The van der Waals surface area contributed by atoms with Crippen LogP contribution in [0.4, 0.5) is 0 Å². The lowest BCUT2D eigenvalue weighted by molar-refractivity contribution is -0.157. The Morgan fingerprint density at radius 1 is 1.58 bits per heavy atom. The van der Waals surface area contributed by atoms with Gasteiger partial charge in [-0.3, -0.25) is 4.79 Å². The fourth-order valence-electron chi connectivity index (χ4n) is 2.48. The van der Waals surface area contributed by atoms with Gasteiger partial charge in [0.25, 0.3) is 5.91 Å². The number of hydrogen-bond acceptors (Lipinski definition) is 5. The van der Waals surface area contributed by atoms with Crippen LogP contribution >= 0.6 is 11.3 Å². The molecule has 1 aliphatic rings. The van der Waals surface area contributed by atoms with E-state index < -0.39 is 5.60 Å². The van der Waals surface area contributed by atoms with Crippen molar-refractivity contribution in [3.05, 3.63) is 16.1 Å². The zero-order chi connectivity index (χ0) is 13.9. The molecule has 0 atom stereocenters. The molecule has 5 nitrogen and oxygen atoms in total. The van der Waals surface area contributed by atoms with Crippen molar-refractivity contribution in [1.29, 1.82) is 0 Å². The zero-order valence-electron chi connectivity index (χ0n) is 11.7. The van der Waals surface area contributed by atoms with Crippen LogP contribution in [-0.4, -0.2) is 48.6 Å². The lowest BCUT2D eigenvalue weighted by Gasteiger charge is -2.37. The Labute approximate surface area is 118 Å². The van der Waals surface area contributed by atoms with E-state index >= 15 is 0 Å². The van der Waals surface area contributed by atoms with E-state index in [1.165, 1.54) is 0 Å². The SMILES string of the molecule is COC1(C(=O)N(C)Cc2csc(C)n2)CCNCC1. The fourth-order valence-corrected chi connectivity index (χ4v) is 3.08. The summed E-state index contributed by atoms with van der Waals surface area (Å²) in [4.78, 5) is 18.7. The molecule has 0 spiro atoms. The van der Waals surface area contributed by atoms with Gasteiger partial charge in [-0.25, -0.2) is 4.98 Å². The predicted molar refractivity (Wildman–Crippen MR) is 75.2 cm³/mol. The number of carbonyl (C=O) groups excluding carboxylic acids is 1. The van der Waals surface area contributed by atoms with Gasteiger partial charge in [-0.15, -0.1) is 11.3 Å². The van der Waals surface area contributed by atoms with Crippen molar-refractivity contribution in [2.45, 2.75) is 31.9 Å².